The minimum Gasteiger partial charge on any atom is -0.481 e. The van der Waals surface area contributed by atoms with Gasteiger partial charge in [0.2, 0.25) is 11.8 Å². The van der Waals surface area contributed by atoms with Crippen LogP contribution < -0.4 is 22.1 Å². The predicted octanol–water partition coefficient (Wildman–Crippen LogP) is -0.502. The van der Waals surface area contributed by atoms with Crippen LogP contribution in [-0.4, -0.2) is 67.4 Å². The second-order valence-corrected chi connectivity index (χ2v) is 11.3. The van der Waals surface area contributed by atoms with Crippen molar-refractivity contribution >= 4 is 33.6 Å². The second kappa shape index (κ2) is 11.5. The van der Waals surface area contributed by atoms with Crippen LogP contribution in [0, 0.1) is 11.8 Å². The maximum absolute atomic E-state index is 12.5. The van der Waals surface area contributed by atoms with Crippen LogP contribution in [0.3, 0.4) is 0 Å². The molecule has 0 aliphatic heterocycles. The summed E-state index contributed by atoms with van der Waals surface area (Å²) in [4.78, 5) is 40.4. The van der Waals surface area contributed by atoms with Gasteiger partial charge in [-0.3, -0.25) is 19.4 Å². The number of carbonyl (C=O) groups is 3. The van der Waals surface area contributed by atoms with Crippen molar-refractivity contribution < 1.29 is 27.9 Å². The van der Waals surface area contributed by atoms with Crippen molar-refractivity contribution in [1.29, 1.82) is 0 Å². The number of amides is 2. The molecule has 0 aromatic rings. The third-order valence-corrected chi connectivity index (χ3v) is 7.99. The third-order valence-electron chi connectivity index (χ3n) is 6.35. The van der Waals surface area contributed by atoms with Gasteiger partial charge in [-0.2, -0.15) is 0 Å². The lowest BCUT2D eigenvalue weighted by atomic mass is 9.82. The van der Waals surface area contributed by atoms with Crippen LogP contribution in [0.4, 0.5) is 0 Å². The maximum atomic E-state index is 12.5. The number of rotatable bonds is 9. The van der Waals surface area contributed by atoms with Crippen LogP contribution in [0.25, 0.3) is 0 Å². The average Bonchev–Trinajstić information content (AvgIpc) is 2.70. The molecule has 7 N–H and O–H groups in total. The number of carboxylic acids is 1. The Morgan fingerprint density at radius 3 is 2.41 bits per heavy atom. The number of sulfone groups is 1. The van der Waals surface area contributed by atoms with Crippen LogP contribution in [0.5, 0.6) is 0 Å². The predicted molar refractivity (Wildman–Crippen MR) is 119 cm³/mol. The number of aliphatic carboxylic acids is 1. The number of hydrogen-bond acceptors (Lipinski definition) is 6. The highest BCUT2D eigenvalue weighted by molar-refractivity contribution is 7.91. The lowest BCUT2D eigenvalue weighted by molar-refractivity contribution is -0.138. The standard InChI is InChI=1S/C20H35N5O6S/c1-32(30,31)15-7-3-4-12(9-15)16(10-18(27)28)25-17(26)11-23-19(29)13-5-2-6-14(8-13)24-20(21)22/h12-16H,2-11H2,1H3,(H,23,29)(H,25,26)(H,27,28)(H4,21,22,24). The zero-order valence-corrected chi connectivity index (χ0v) is 19.3. The van der Waals surface area contributed by atoms with E-state index in [2.05, 4.69) is 15.6 Å². The number of carbonyl (C=O) groups excluding carboxylic acids is 2. The monoisotopic (exact) mass is 473 g/mol. The fourth-order valence-corrected chi connectivity index (χ4v) is 5.95. The number of hydrogen-bond donors (Lipinski definition) is 5. The first-order valence-electron chi connectivity index (χ1n) is 11.0. The Hall–Kier alpha value is -2.37. The van der Waals surface area contributed by atoms with Gasteiger partial charge in [0.05, 0.1) is 24.3 Å². The molecule has 0 aromatic carbocycles. The Balaban J connectivity index is 1.91. The first-order chi connectivity index (χ1) is 15.0. The summed E-state index contributed by atoms with van der Waals surface area (Å²) in [6.07, 6.45) is 5.83. The number of carboxylic acid groups (broad SMARTS) is 1. The summed E-state index contributed by atoms with van der Waals surface area (Å²) in [5.41, 5.74) is 10.8. The van der Waals surface area contributed by atoms with Gasteiger partial charge < -0.3 is 27.2 Å². The van der Waals surface area contributed by atoms with Gasteiger partial charge in [0.25, 0.3) is 0 Å². The summed E-state index contributed by atoms with van der Waals surface area (Å²) in [5, 5.41) is 14.0. The van der Waals surface area contributed by atoms with Crippen molar-refractivity contribution in [3.8, 4) is 0 Å². The first-order valence-corrected chi connectivity index (χ1v) is 13.0. The molecule has 2 aliphatic rings. The molecule has 5 unspecified atom stereocenters. The lowest BCUT2D eigenvalue weighted by Crippen LogP contribution is -2.48. The fraction of sp³-hybridized carbons (Fsp3) is 0.800. The molecule has 2 saturated carbocycles. The third kappa shape index (κ3) is 8.29. The van der Waals surface area contributed by atoms with Crippen molar-refractivity contribution in [2.24, 2.45) is 28.3 Å². The van der Waals surface area contributed by atoms with E-state index in [0.717, 1.165) is 12.8 Å². The Morgan fingerprint density at radius 1 is 1.09 bits per heavy atom. The van der Waals surface area contributed by atoms with Gasteiger partial charge in [0.1, 0.15) is 9.84 Å². The van der Waals surface area contributed by atoms with E-state index in [1.165, 1.54) is 6.26 Å². The van der Waals surface area contributed by atoms with Crippen molar-refractivity contribution in [3.05, 3.63) is 0 Å². The van der Waals surface area contributed by atoms with Gasteiger partial charge in [-0.1, -0.05) is 12.8 Å². The molecule has 11 nitrogen and oxygen atoms in total. The molecule has 2 rings (SSSR count). The zero-order valence-electron chi connectivity index (χ0n) is 18.5. The molecule has 2 aliphatic carbocycles. The molecule has 5 atom stereocenters. The topological polar surface area (TPSA) is 194 Å². The van der Waals surface area contributed by atoms with Crippen molar-refractivity contribution in [2.75, 3.05) is 12.8 Å². The molecule has 0 bridgehead atoms. The first kappa shape index (κ1) is 25.9. The van der Waals surface area contributed by atoms with Gasteiger partial charge >= 0.3 is 5.97 Å². The summed E-state index contributed by atoms with van der Waals surface area (Å²) in [5.74, 6) is -2.40. The van der Waals surface area contributed by atoms with Crippen molar-refractivity contribution in [1.82, 2.24) is 10.6 Å². The molecule has 0 spiro atoms. The van der Waals surface area contributed by atoms with E-state index in [1.807, 2.05) is 0 Å². The zero-order chi connectivity index (χ0) is 23.9. The van der Waals surface area contributed by atoms with E-state index in [-0.39, 0.29) is 42.7 Å². The number of guanidine groups is 1. The second-order valence-electron chi connectivity index (χ2n) is 8.94. The largest absolute Gasteiger partial charge is 0.481 e. The maximum Gasteiger partial charge on any atom is 0.305 e. The van der Waals surface area contributed by atoms with Gasteiger partial charge in [-0.25, -0.2) is 8.42 Å². The van der Waals surface area contributed by atoms with Gasteiger partial charge in [0.15, 0.2) is 5.96 Å². The van der Waals surface area contributed by atoms with E-state index >= 15 is 0 Å². The van der Waals surface area contributed by atoms with E-state index in [4.69, 9.17) is 11.5 Å². The summed E-state index contributed by atoms with van der Waals surface area (Å²) in [6, 6.07) is -0.810. The van der Waals surface area contributed by atoms with Crippen LogP contribution >= 0.6 is 0 Å². The normalized spacial score (nSPS) is 27.0. The van der Waals surface area contributed by atoms with E-state index in [0.29, 0.717) is 38.5 Å². The Labute approximate surface area is 188 Å². The molecule has 12 heteroatoms. The molecule has 32 heavy (non-hydrogen) atoms. The minimum atomic E-state index is -3.24. The number of nitrogens with one attached hydrogen (secondary N) is 2. The highest BCUT2D eigenvalue weighted by atomic mass is 32.2. The summed E-state index contributed by atoms with van der Waals surface area (Å²) in [6.45, 7) is -0.277. The molecule has 0 aromatic heterocycles. The Morgan fingerprint density at radius 2 is 1.78 bits per heavy atom. The van der Waals surface area contributed by atoms with Crippen molar-refractivity contribution in [3.63, 3.8) is 0 Å². The lowest BCUT2D eigenvalue weighted by Gasteiger charge is -2.33. The van der Waals surface area contributed by atoms with Crippen LogP contribution in [0.1, 0.15) is 57.8 Å². The molecular formula is C20H35N5O6S. The Kier molecular flexibility index (Phi) is 9.29. The average molecular weight is 474 g/mol. The molecule has 2 fully saturated rings. The molecule has 0 radical (unpaired) electrons. The molecular weight excluding hydrogens is 438 g/mol. The molecule has 182 valence electrons. The van der Waals surface area contributed by atoms with Gasteiger partial charge in [-0.05, 0) is 44.4 Å². The van der Waals surface area contributed by atoms with Gasteiger partial charge in [0, 0.05) is 18.2 Å². The number of nitrogens with two attached hydrogens (primary N) is 2. The summed E-state index contributed by atoms with van der Waals surface area (Å²) in [7, 11) is -3.24. The highest BCUT2D eigenvalue weighted by Gasteiger charge is 2.35. The van der Waals surface area contributed by atoms with E-state index in [9.17, 15) is 27.9 Å². The SMILES string of the molecule is CS(=O)(=O)C1CCCC(C(CC(=O)O)NC(=O)CNC(=O)C2CCCC(N=C(N)N)C2)C1. The van der Waals surface area contributed by atoms with E-state index < -0.39 is 33.0 Å². The summed E-state index contributed by atoms with van der Waals surface area (Å²) >= 11 is 0. The summed E-state index contributed by atoms with van der Waals surface area (Å²) < 4.78 is 23.9. The van der Waals surface area contributed by atoms with Crippen LogP contribution in [-0.2, 0) is 24.2 Å². The van der Waals surface area contributed by atoms with Crippen molar-refractivity contribution in [2.45, 2.75) is 75.1 Å². The molecule has 0 heterocycles. The highest BCUT2D eigenvalue weighted by Crippen LogP contribution is 2.32. The molecule has 2 amide bonds. The fourth-order valence-electron chi connectivity index (χ4n) is 4.76. The molecule has 0 saturated heterocycles. The number of aliphatic imine (C=N–C) groups is 1. The van der Waals surface area contributed by atoms with Crippen LogP contribution in [0.15, 0.2) is 4.99 Å². The minimum absolute atomic E-state index is 0.0132. The van der Waals surface area contributed by atoms with Crippen LogP contribution in [0.2, 0.25) is 0 Å². The quantitative estimate of drug-likeness (QED) is 0.218. The number of nitrogens with zero attached hydrogens (tertiary/aromatic N) is 1. The Bertz CT molecular complexity index is 826. The van der Waals surface area contributed by atoms with E-state index in [1.54, 1.807) is 0 Å². The smallest absolute Gasteiger partial charge is 0.305 e. The van der Waals surface area contributed by atoms with Gasteiger partial charge in [-0.15, -0.1) is 0 Å².